The number of carbonyl (C=O) groups is 1. The van der Waals surface area contributed by atoms with Crippen molar-refractivity contribution < 1.29 is 18.3 Å². The lowest BCUT2D eigenvalue weighted by Crippen LogP contribution is -2.44. The van der Waals surface area contributed by atoms with Gasteiger partial charge in [0.1, 0.15) is 0 Å². The van der Waals surface area contributed by atoms with Gasteiger partial charge >= 0.3 is 5.97 Å². The molecule has 5 nitrogen and oxygen atoms in total. The van der Waals surface area contributed by atoms with E-state index in [1.807, 2.05) is 6.92 Å². The topological polar surface area (TPSA) is 74.7 Å². The van der Waals surface area contributed by atoms with Gasteiger partial charge in [0.05, 0.1) is 11.2 Å². The van der Waals surface area contributed by atoms with Crippen molar-refractivity contribution in [1.82, 2.24) is 4.31 Å². The van der Waals surface area contributed by atoms with E-state index in [1.165, 1.54) is 4.31 Å². The van der Waals surface area contributed by atoms with Gasteiger partial charge in [-0.15, -0.1) is 0 Å². The summed E-state index contributed by atoms with van der Waals surface area (Å²) in [6, 6.07) is 0. The lowest BCUT2D eigenvalue weighted by molar-refractivity contribution is -0.141. The van der Waals surface area contributed by atoms with E-state index < -0.39 is 27.2 Å². The van der Waals surface area contributed by atoms with Crippen molar-refractivity contribution in [2.75, 3.05) is 13.1 Å². The highest BCUT2D eigenvalue weighted by molar-refractivity contribution is 7.89. The molecule has 0 bridgehead atoms. The number of sulfonamides is 1. The van der Waals surface area contributed by atoms with Gasteiger partial charge in [0.2, 0.25) is 10.0 Å². The second-order valence-electron chi connectivity index (χ2n) is 5.59. The molecule has 1 saturated carbocycles. The predicted octanol–water partition coefficient (Wildman–Crippen LogP) is 2.33. The number of rotatable bonds is 8. The fraction of sp³-hybridized carbons (Fsp3) is 0.929. The molecule has 0 aliphatic heterocycles. The standard InChI is InChI=1S/C14H27NO4S/c1-4-11(5-2)10-15(6-3)20(18,19)13-9-7-8-12(13)14(16)17/h11-13H,4-10H2,1-3H3,(H,16,17). The largest absolute Gasteiger partial charge is 0.481 e. The molecule has 0 amide bonds. The van der Waals surface area contributed by atoms with Gasteiger partial charge < -0.3 is 5.11 Å². The molecule has 118 valence electrons. The molecule has 0 aromatic heterocycles. The molecule has 1 fully saturated rings. The summed E-state index contributed by atoms with van der Waals surface area (Å²) in [6.07, 6.45) is 3.51. The molecule has 2 unspecified atom stereocenters. The van der Waals surface area contributed by atoms with E-state index in [-0.39, 0.29) is 0 Å². The van der Waals surface area contributed by atoms with Gasteiger partial charge in [0.15, 0.2) is 0 Å². The van der Waals surface area contributed by atoms with E-state index in [4.69, 9.17) is 0 Å². The van der Waals surface area contributed by atoms with Crippen LogP contribution in [0.15, 0.2) is 0 Å². The van der Waals surface area contributed by atoms with Crippen molar-refractivity contribution in [1.29, 1.82) is 0 Å². The van der Waals surface area contributed by atoms with E-state index in [0.29, 0.717) is 38.3 Å². The lowest BCUT2D eigenvalue weighted by atomic mass is 10.0. The summed E-state index contributed by atoms with van der Waals surface area (Å²) in [7, 11) is -3.51. The number of carboxylic acids is 1. The second-order valence-corrected chi connectivity index (χ2v) is 7.74. The molecule has 0 aromatic carbocycles. The van der Waals surface area contributed by atoms with Crippen LogP contribution >= 0.6 is 0 Å². The van der Waals surface area contributed by atoms with Crippen LogP contribution < -0.4 is 0 Å². The van der Waals surface area contributed by atoms with E-state index in [1.54, 1.807) is 0 Å². The minimum atomic E-state index is -3.51. The van der Waals surface area contributed by atoms with Crippen LogP contribution in [0.5, 0.6) is 0 Å². The Bertz CT molecular complexity index is 417. The van der Waals surface area contributed by atoms with Gasteiger partial charge in [-0.25, -0.2) is 12.7 Å². The minimum Gasteiger partial charge on any atom is -0.481 e. The van der Waals surface area contributed by atoms with Crippen LogP contribution in [0.2, 0.25) is 0 Å². The Morgan fingerprint density at radius 1 is 1.25 bits per heavy atom. The van der Waals surface area contributed by atoms with Gasteiger partial charge in [0, 0.05) is 13.1 Å². The highest BCUT2D eigenvalue weighted by Crippen LogP contribution is 2.33. The van der Waals surface area contributed by atoms with Crippen LogP contribution in [0.25, 0.3) is 0 Å². The number of aliphatic carboxylic acids is 1. The van der Waals surface area contributed by atoms with Crippen molar-refractivity contribution >= 4 is 16.0 Å². The molecule has 2 atom stereocenters. The van der Waals surface area contributed by atoms with E-state index >= 15 is 0 Å². The van der Waals surface area contributed by atoms with Gasteiger partial charge in [-0.1, -0.05) is 40.0 Å². The molecule has 0 spiro atoms. The van der Waals surface area contributed by atoms with Crippen LogP contribution in [0.4, 0.5) is 0 Å². The van der Waals surface area contributed by atoms with Crippen LogP contribution in [-0.4, -0.2) is 42.1 Å². The Morgan fingerprint density at radius 2 is 1.85 bits per heavy atom. The van der Waals surface area contributed by atoms with Crippen molar-refractivity contribution in [3.05, 3.63) is 0 Å². The normalized spacial score (nSPS) is 23.6. The van der Waals surface area contributed by atoms with Crippen molar-refractivity contribution in [3.63, 3.8) is 0 Å². The summed E-state index contributed by atoms with van der Waals surface area (Å²) < 4.78 is 26.9. The molecular weight excluding hydrogens is 278 g/mol. The smallest absolute Gasteiger partial charge is 0.307 e. The summed E-state index contributed by atoms with van der Waals surface area (Å²) >= 11 is 0. The summed E-state index contributed by atoms with van der Waals surface area (Å²) in [5.41, 5.74) is 0. The average molecular weight is 305 g/mol. The maximum atomic E-state index is 12.7. The van der Waals surface area contributed by atoms with Crippen LogP contribution in [0.3, 0.4) is 0 Å². The van der Waals surface area contributed by atoms with Crippen LogP contribution in [0, 0.1) is 11.8 Å². The Labute approximate surface area is 122 Å². The van der Waals surface area contributed by atoms with Gasteiger partial charge in [-0.3, -0.25) is 4.79 Å². The summed E-state index contributed by atoms with van der Waals surface area (Å²) in [5.74, 6) is -1.38. The molecule has 0 radical (unpaired) electrons. The van der Waals surface area contributed by atoms with Gasteiger partial charge in [-0.2, -0.15) is 0 Å². The van der Waals surface area contributed by atoms with Gasteiger partial charge in [0.25, 0.3) is 0 Å². The van der Waals surface area contributed by atoms with Gasteiger partial charge in [-0.05, 0) is 18.8 Å². The monoisotopic (exact) mass is 305 g/mol. The molecule has 0 aromatic rings. The van der Waals surface area contributed by atoms with Crippen molar-refractivity contribution in [2.24, 2.45) is 11.8 Å². The molecule has 1 N–H and O–H groups in total. The summed E-state index contributed by atoms with van der Waals surface area (Å²) in [6.45, 7) is 6.87. The Morgan fingerprint density at radius 3 is 2.30 bits per heavy atom. The quantitative estimate of drug-likeness (QED) is 0.747. The second kappa shape index (κ2) is 7.41. The van der Waals surface area contributed by atoms with E-state index in [2.05, 4.69) is 13.8 Å². The maximum Gasteiger partial charge on any atom is 0.307 e. The molecule has 1 rings (SSSR count). The van der Waals surface area contributed by atoms with Crippen molar-refractivity contribution in [3.8, 4) is 0 Å². The third kappa shape index (κ3) is 3.73. The summed E-state index contributed by atoms with van der Waals surface area (Å²) in [4.78, 5) is 11.2. The number of nitrogens with zero attached hydrogens (tertiary/aromatic N) is 1. The van der Waals surface area contributed by atoms with E-state index in [9.17, 15) is 18.3 Å². The number of hydrogen-bond donors (Lipinski definition) is 1. The highest BCUT2D eigenvalue weighted by Gasteiger charge is 2.44. The molecule has 1 aliphatic rings. The first kappa shape index (κ1) is 17.4. The zero-order chi connectivity index (χ0) is 15.3. The average Bonchev–Trinajstić information content (AvgIpc) is 2.90. The molecule has 0 saturated heterocycles. The lowest BCUT2D eigenvalue weighted by Gasteiger charge is -2.29. The van der Waals surface area contributed by atoms with Crippen LogP contribution in [-0.2, 0) is 14.8 Å². The zero-order valence-corrected chi connectivity index (χ0v) is 13.5. The Hall–Kier alpha value is -0.620. The first-order valence-corrected chi connectivity index (χ1v) is 9.10. The fourth-order valence-electron chi connectivity index (χ4n) is 3.00. The fourth-order valence-corrected chi connectivity index (χ4v) is 5.30. The maximum absolute atomic E-state index is 12.7. The third-order valence-corrected chi connectivity index (χ3v) is 6.94. The first-order chi connectivity index (χ1) is 9.38. The zero-order valence-electron chi connectivity index (χ0n) is 12.7. The molecular formula is C14H27NO4S. The third-order valence-electron chi connectivity index (χ3n) is 4.48. The molecule has 0 heterocycles. The highest BCUT2D eigenvalue weighted by atomic mass is 32.2. The first-order valence-electron chi connectivity index (χ1n) is 7.60. The minimum absolute atomic E-state index is 0.342. The Kier molecular flexibility index (Phi) is 6.45. The SMILES string of the molecule is CCC(CC)CN(CC)S(=O)(=O)C1CCCC1C(=O)O. The van der Waals surface area contributed by atoms with E-state index in [0.717, 1.165) is 12.8 Å². The van der Waals surface area contributed by atoms with Crippen LogP contribution in [0.1, 0.15) is 52.9 Å². The van der Waals surface area contributed by atoms with Crippen molar-refractivity contribution in [2.45, 2.75) is 58.1 Å². The molecule has 1 aliphatic carbocycles. The summed E-state index contributed by atoms with van der Waals surface area (Å²) in [5, 5.41) is 8.45. The molecule has 20 heavy (non-hydrogen) atoms. The predicted molar refractivity (Wildman–Crippen MR) is 79.0 cm³/mol. The molecule has 6 heteroatoms. The Balaban J connectivity index is 2.91. The number of carboxylic acid groups (broad SMARTS) is 1. The number of hydrogen-bond acceptors (Lipinski definition) is 3.